The Labute approximate surface area is 159 Å². The number of esters is 1. The number of hydrogen-bond donors (Lipinski definition) is 1. The maximum Gasteiger partial charge on any atom is 0.337 e. The standard InChI is InChI=1S/C22H25NO4/c1-15(24)23-22(2)13-19(16-7-5-4-6-8-16)27-20(14-22)17-9-11-18(12-10-17)21(25)26-3/h4-12,19-20H,13-14H2,1-3H3,(H,23,24)/t19-,20+,22+/m1/s1. The van der Waals surface area contributed by atoms with Crippen molar-refractivity contribution in [2.75, 3.05) is 7.11 Å². The molecular weight excluding hydrogens is 342 g/mol. The van der Waals surface area contributed by atoms with Crippen molar-refractivity contribution < 1.29 is 19.1 Å². The van der Waals surface area contributed by atoms with Gasteiger partial charge in [0.1, 0.15) is 0 Å². The second kappa shape index (κ2) is 7.92. The van der Waals surface area contributed by atoms with Crippen molar-refractivity contribution in [3.05, 3.63) is 71.3 Å². The van der Waals surface area contributed by atoms with E-state index in [9.17, 15) is 9.59 Å². The van der Waals surface area contributed by atoms with Gasteiger partial charge in [-0.2, -0.15) is 0 Å². The first-order chi connectivity index (χ1) is 12.9. The van der Waals surface area contributed by atoms with Gasteiger partial charge in [0.05, 0.1) is 24.9 Å². The maximum atomic E-state index is 11.8. The summed E-state index contributed by atoms with van der Waals surface area (Å²) in [6.07, 6.45) is 1.05. The van der Waals surface area contributed by atoms with E-state index in [4.69, 9.17) is 9.47 Å². The van der Waals surface area contributed by atoms with Gasteiger partial charge in [-0.25, -0.2) is 4.79 Å². The molecule has 0 radical (unpaired) electrons. The van der Waals surface area contributed by atoms with Crippen molar-refractivity contribution in [3.63, 3.8) is 0 Å². The molecule has 0 aliphatic carbocycles. The van der Waals surface area contributed by atoms with E-state index in [-0.39, 0.29) is 29.6 Å². The largest absolute Gasteiger partial charge is 0.465 e. The molecule has 27 heavy (non-hydrogen) atoms. The summed E-state index contributed by atoms with van der Waals surface area (Å²) in [4.78, 5) is 23.4. The molecule has 1 N–H and O–H groups in total. The molecule has 0 aromatic heterocycles. The molecule has 1 heterocycles. The molecule has 3 atom stereocenters. The van der Waals surface area contributed by atoms with E-state index in [1.54, 1.807) is 19.1 Å². The van der Waals surface area contributed by atoms with E-state index in [2.05, 4.69) is 12.2 Å². The fourth-order valence-corrected chi connectivity index (χ4v) is 3.74. The lowest BCUT2D eigenvalue weighted by Gasteiger charge is -2.43. The summed E-state index contributed by atoms with van der Waals surface area (Å²) in [7, 11) is 1.36. The SMILES string of the molecule is COC(=O)c1ccc([C@@H]2C[C@@](C)(NC(C)=O)C[C@H](c3ccccc3)O2)cc1. The molecule has 3 rings (SSSR count). The zero-order chi connectivity index (χ0) is 19.4. The van der Waals surface area contributed by atoms with Crippen molar-refractivity contribution in [1.82, 2.24) is 5.32 Å². The number of carbonyl (C=O) groups is 2. The number of amides is 1. The van der Waals surface area contributed by atoms with Crippen LogP contribution in [-0.2, 0) is 14.3 Å². The van der Waals surface area contributed by atoms with Gasteiger partial charge in [-0.1, -0.05) is 42.5 Å². The highest BCUT2D eigenvalue weighted by molar-refractivity contribution is 5.89. The Balaban J connectivity index is 1.89. The Kier molecular flexibility index (Phi) is 5.61. The summed E-state index contributed by atoms with van der Waals surface area (Å²) in [6.45, 7) is 3.60. The highest BCUT2D eigenvalue weighted by atomic mass is 16.5. The number of rotatable bonds is 4. The highest BCUT2D eigenvalue weighted by Crippen LogP contribution is 2.43. The Morgan fingerprint density at radius 1 is 1.00 bits per heavy atom. The summed E-state index contributed by atoms with van der Waals surface area (Å²) < 4.78 is 11.2. The third-order valence-corrected chi connectivity index (χ3v) is 4.95. The van der Waals surface area contributed by atoms with Crippen LogP contribution in [0.5, 0.6) is 0 Å². The summed E-state index contributed by atoms with van der Waals surface area (Å²) in [5.74, 6) is -0.414. The van der Waals surface area contributed by atoms with Crippen LogP contribution in [0, 0.1) is 0 Å². The van der Waals surface area contributed by atoms with Crippen molar-refractivity contribution in [3.8, 4) is 0 Å². The molecule has 0 bridgehead atoms. The maximum absolute atomic E-state index is 11.8. The number of carbonyl (C=O) groups excluding carboxylic acids is 2. The molecule has 2 aromatic rings. The molecule has 2 aromatic carbocycles. The van der Waals surface area contributed by atoms with Crippen molar-refractivity contribution in [2.45, 2.75) is 44.4 Å². The molecule has 0 saturated carbocycles. The molecule has 1 aliphatic rings. The molecule has 0 spiro atoms. The van der Waals surface area contributed by atoms with Crippen LogP contribution in [0.25, 0.3) is 0 Å². The molecule has 5 nitrogen and oxygen atoms in total. The van der Waals surface area contributed by atoms with Gasteiger partial charge in [0.25, 0.3) is 0 Å². The third-order valence-electron chi connectivity index (χ3n) is 4.95. The van der Waals surface area contributed by atoms with Crippen LogP contribution < -0.4 is 5.32 Å². The van der Waals surface area contributed by atoms with E-state index in [1.165, 1.54) is 7.11 Å². The van der Waals surface area contributed by atoms with Crippen molar-refractivity contribution in [1.29, 1.82) is 0 Å². The average Bonchev–Trinajstić information content (AvgIpc) is 2.66. The molecule has 5 heteroatoms. The molecular formula is C22H25NO4. The van der Waals surface area contributed by atoms with Gasteiger partial charge in [-0.05, 0) is 30.2 Å². The Morgan fingerprint density at radius 3 is 2.07 bits per heavy atom. The fourth-order valence-electron chi connectivity index (χ4n) is 3.74. The molecule has 142 valence electrons. The Bertz CT molecular complexity index is 803. The second-order valence-corrected chi connectivity index (χ2v) is 7.29. The van der Waals surface area contributed by atoms with Crippen LogP contribution in [-0.4, -0.2) is 24.5 Å². The molecule has 1 amide bonds. The topological polar surface area (TPSA) is 64.6 Å². The quantitative estimate of drug-likeness (QED) is 0.831. The van der Waals surface area contributed by atoms with Crippen LogP contribution in [0.3, 0.4) is 0 Å². The van der Waals surface area contributed by atoms with Gasteiger partial charge in [0.2, 0.25) is 5.91 Å². The predicted molar refractivity (Wildman–Crippen MR) is 102 cm³/mol. The smallest absolute Gasteiger partial charge is 0.337 e. The summed E-state index contributed by atoms with van der Waals surface area (Å²) >= 11 is 0. The van der Waals surface area contributed by atoms with Gasteiger partial charge in [0, 0.05) is 25.3 Å². The molecule has 1 aliphatic heterocycles. The molecule has 1 saturated heterocycles. The van der Waals surface area contributed by atoms with Gasteiger partial charge in [-0.3, -0.25) is 4.79 Å². The number of ether oxygens (including phenoxy) is 2. The van der Waals surface area contributed by atoms with E-state index in [0.29, 0.717) is 18.4 Å². The van der Waals surface area contributed by atoms with Gasteiger partial charge < -0.3 is 14.8 Å². The lowest BCUT2D eigenvalue weighted by Crippen LogP contribution is -2.50. The lowest BCUT2D eigenvalue weighted by molar-refractivity contribution is -0.126. The van der Waals surface area contributed by atoms with Crippen LogP contribution in [0.2, 0.25) is 0 Å². The Hall–Kier alpha value is -2.66. The fraction of sp³-hybridized carbons (Fsp3) is 0.364. The Morgan fingerprint density at radius 2 is 1.56 bits per heavy atom. The van der Waals surface area contributed by atoms with E-state index < -0.39 is 0 Å². The number of methoxy groups -OCH3 is 1. The predicted octanol–water partition coefficient (Wildman–Crippen LogP) is 3.96. The van der Waals surface area contributed by atoms with Crippen LogP contribution in [0.1, 0.15) is 60.4 Å². The summed E-state index contributed by atoms with van der Waals surface area (Å²) in [6, 6.07) is 17.3. The number of hydrogen-bond acceptors (Lipinski definition) is 4. The van der Waals surface area contributed by atoms with E-state index in [0.717, 1.165) is 11.1 Å². The van der Waals surface area contributed by atoms with Gasteiger partial charge in [-0.15, -0.1) is 0 Å². The van der Waals surface area contributed by atoms with Gasteiger partial charge >= 0.3 is 5.97 Å². The molecule has 1 fully saturated rings. The lowest BCUT2D eigenvalue weighted by atomic mass is 9.81. The third kappa shape index (κ3) is 4.55. The van der Waals surface area contributed by atoms with Crippen molar-refractivity contribution in [2.24, 2.45) is 0 Å². The minimum Gasteiger partial charge on any atom is -0.465 e. The van der Waals surface area contributed by atoms with Gasteiger partial charge in [0.15, 0.2) is 0 Å². The minimum atomic E-state index is -0.379. The van der Waals surface area contributed by atoms with Crippen LogP contribution >= 0.6 is 0 Å². The first-order valence-electron chi connectivity index (χ1n) is 9.08. The first kappa shape index (κ1) is 19.1. The normalized spacial score (nSPS) is 24.9. The monoisotopic (exact) mass is 367 g/mol. The van der Waals surface area contributed by atoms with Crippen LogP contribution in [0.4, 0.5) is 0 Å². The van der Waals surface area contributed by atoms with Crippen LogP contribution in [0.15, 0.2) is 54.6 Å². The minimum absolute atomic E-state index is 0.0500. The number of nitrogens with one attached hydrogen (secondary N) is 1. The molecule has 0 unspecified atom stereocenters. The number of benzene rings is 2. The summed E-state index contributed by atoms with van der Waals surface area (Å²) in [5.41, 5.74) is 2.18. The zero-order valence-corrected chi connectivity index (χ0v) is 15.9. The average molecular weight is 367 g/mol. The highest BCUT2D eigenvalue weighted by Gasteiger charge is 2.39. The first-order valence-corrected chi connectivity index (χ1v) is 9.08. The zero-order valence-electron chi connectivity index (χ0n) is 15.9. The van der Waals surface area contributed by atoms with Crippen molar-refractivity contribution >= 4 is 11.9 Å². The van der Waals surface area contributed by atoms with E-state index >= 15 is 0 Å². The second-order valence-electron chi connectivity index (χ2n) is 7.29. The van der Waals surface area contributed by atoms with E-state index in [1.807, 2.05) is 42.5 Å². The summed E-state index contributed by atoms with van der Waals surface area (Å²) in [5, 5.41) is 3.10.